The van der Waals surface area contributed by atoms with Crippen molar-refractivity contribution < 1.29 is 13.3 Å². The van der Waals surface area contributed by atoms with Gasteiger partial charge >= 0.3 is 11.4 Å². The molecule has 1 aliphatic rings. The smallest absolute Gasteiger partial charge is 0.309 e. The van der Waals surface area contributed by atoms with E-state index in [2.05, 4.69) is 10.4 Å². The number of piperidine rings is 1. The van der Waals surface area contributed by atoms with Gasteiger partial charge in [-0.05, 0) is 76.2 Å². The maximum atomic E-state index is 13.4. The first-order valence-corrected chi connectivity index (χ1v) is 12.8. The van der Waals surface area contributed by atoms with Crippen molar-refractivity contribution in [1.82, 2.24) is 15.1 Å². The van der Waals surface area contributed by atoms with Gasteiger partial charge in [-0.15, -0.1) is 0 Å². The van der Waals surface area contributed by atoms with Crippen LogP contribution in [0.1, 0.15) is 42.6 Å². The Balaban J connectivity index is 1.79. The van der Waals surface area contributed by atoms with E-state index >= 15 is 0 Å². The molecule has 5 nitrogen and oxygen atoms in total. The van der Waals surface area contributed by atoms with Crippen molar-refractivity contribution in [3.63, 3.8) is 0 Å². The molecule has 1 unspecified atom stereocenters. The lowest BCUT2D eigenvalue weighted by molar-refractivity contribution is 0.159. The molecule has 1 saturated heterocycles. The summed E-state index contributed by atoms with van der Waals surface area (Å²) in [4.78, 5) is 0.263. The summed E-state index contributed by atoms with van der Waals surface area (Å²) in [6.45, 7) is 5.02. The van der Waals surface area contributed by atoms with Crippen molar-refractivity contribution in [3.8, 4) is 0 Å². The Morgan fingerprint density at radius 3 is 2.41 bits per heavy atom. The average Bonchev–Trinajstić information content (AvgIpc) is 2.97. The fourth-order valence-electron chi connectivity index (χ4n) is 4.30. The van der Waals surface area contributed by atoms with Crippen LogP contribution in [-0.4, -0.2) is 40.4 Å². The second-order valence-electron chi connectivity index (χ2n) is 8.33. The molecular weight excluding hydrogens is 477 g/mol. The summed E-state index contributed by atoms with van der Waals surface area (Å²) < 4.78 is 40.9. The average molecular weight is 508 g/mol. The first-order chi connectivity index (χ1) is 15.2. The Morgan fingerprint density at radius 2 is 1.88 bits per heavy atom. The fourth-order valence-corrected chi connectivity index (χ4v) is 6.63. The summed E-state index contributed by atoms with van der Waals surface area (Å²) in [5, 5.41) is 8.26. The Kier molecular flexibility index (Phi) is 9.09. The van der Waals surface area contributed by atoms with Crippen LogP contribution in [0.4, 0.5) is 14.5 Å². The van der Waals surface area contributed by atoms with Gasteiger partial charge in [-0.1, -0.05) is 29.6 Å². The maximum absolute atomic E-state index is 13.4. The van der Waals surface area contributed by atoms with E-state index < -0.39 is 24.3 Å². The van der Waals surface area contributed by atoms with Crippen molar-refractivity contribution in [2.75, 3.05) is 23.9 Å². The van der Waals surface area contributed by atoms with Crippen molar-refractivity contribution in [2.45, 2.75) is 57.3 Å². The molecule has 10 heteroatoms. The van der Waals surface area contributed by atoms with Gasteiger partial charge in [0, 0.05) is 7.05 Å². The molecule has 0 aliphatic carbocycles. The van der Waals surface area contributed by atoms with E-state index in [1.807, 2.05) is 0 Å². The normalized spacial score (nSPS) is 16.0. The van der Waals surface area contributed by atoms with Gasteiger partial charge in [-0.25, -0.2) is 8.78 Å². The number of alkyl halides is 2. The molecule has 1 aromatic heterocycles. The maximum Gasteiger partial charge on any atom is 0.309 e. The molecule has 1 atom stereocenters. The zero-order valence-corrected chi connectivity index (χ0v) is 21.0. The van der Waals surface area contributed by atoms with Gasteiger partial charge in [0.1, 0.15) is 22.3 Å². The molecule has 2 heterocycles. The lowest BCUT2D eigenvalue weighted by atomic mass is 9.92. The van der Waals surface area contributed by atoms with Crippen LogP contribution in [0.25, 0.3) is 0 Å². The third kappa shape index (κ3) is 6.08. The zero-order chi connectivity index (χ0) is 23.4. The lowest BCUT2D eigenvalue weighted by Gasteiger charge is -2.22. The summed E-state index contributed by atoms with van der Waals surface area (Å²) in [7, 11) is 1.74. The number of hydrogen-bond acceptors (Lipinski definition) is 4. The van der Waals surface area contributed by atoms with E-state index in [1.54, 1.807) is 37.7 Å². The van der Waals surface area contributed by atoms with E-state index in [1.165, 1.54) is 17.1 Å². The van der Waals surface area contributed by atoms with Gasteiger partial charge in [-0.2, -0.15) is 14.0 Å². The van der Waals surface area contributed by atoms with Gasteiger partial charge in [-0.3, -0.25) is 4.68 Å². The first-order valence-electron chi connectivity index (χ1n) is 10.9. The van der Waals surface area contributed by atoms with Crippen LogP contribution in [0.15, 0.2) is 17.0 Å². The van der Waals surface area contributed by atoms with Crippen LogP contribution in [0.3, 0.4) is 0 Å². The second kappa shape index (κ2) is 11.4. The topological polar surface area (TPSA) is 53.3 Å². The number of hydrogen-bond donors (Lipinski definition) is 2. The Hall–Kier alpha value is -1.06. The van der Waals surface area contributed by atoms with E-state index in [4.69, 9.17) is 23.2 Å². The quantitative estimate of drug-likeness (QED) is 0.421. The molecule has 3 rings (SSSR count). The summed E-state index contributed by atoms with van der Waals surface area (Å²) in [5.74, 6) is 0.749. The Bertz CT molecular complexity index is 899. The lowest BCUT2D eigenvalue weighted by Crippen LogP contribution is -2.36. The van der Waals surface area contributed by atoms with Gasteiger partial charge in [0.25, 0.3) is 11.3 Å². The van der Waals surface area contributed by atoms with E-state index in [0.717, 1.165) is 43.8 Å². The van der Waals surface area contributed by atoms with Gasteiger partial charge in [0.05, 0.1) is 11.4 Å². The van der Waals surface area contributed by atoms with Gasteiger partial charge in [0.15, 0.2) is 0 Å². The third-order valence-electron chi connectivity index (χ3n) is 6.01. The number of nitrogens with zero attached hydrogens (tertiary/aromatic N) is 3. The molecule has 178 valence electrons. The number of anilines is 1. The fraction of sp³-hybridized carbons (Fsp3) is 0.591. The van der Waals surface area contributed by atoms with Crippen LogP contribution < -0.4 is 9.62 Å². The van der Waals surface area contributed by atoms with Crippen molar-refractivity contribution >= 4 is 40.3 Å². The minimum atomic E-state index is -2.65. The van der Waals surface area contributed by atoms with E-state index in [-0.39, 0.29) is 4.90 Å². The molecule has 0 bridgehead atoms. The molecule has 1 aromatic carbocycles. The SMILES string of the molecule is Cc1nn(C)c(C)c1N(CC(F)F)[S+](O)c1c(Cl)cc(CCCC2CCNCC2)cc1Cl. The number of aromatic nitrogens is 2. The molecule has 1 aliphatic heterocycles. The predicted octanol–water partition coefficient (Wildman–Crippen LogP) is 5.80. The standard InChI is InChI=1S/C22H31Cl2F2N4OS/c1-14-21(15(2)29(3)28-14)30(13-20(25)26)32(31)22-18(23)11-17(12-19(22)24)6-4-5-16-7-9-27-10-8-16/h11-12,16,20,27,31H,4-10,13H2,1-3H3/q+1. The highest BCUT2D eigenvalue weighted by Crippen LogP contribution is 2.37. The summed E-state index contributed by atoms with van der Waals surface area (Å²) in [5.41, 5.74) is 2.69. The van der Waals surface area contributed by atoms with Gasteiger partial charge < -0.3 is 5.32 Å². The van der Waals surface area contributed by atoms with Crippen LogP contribution in [0.5, 0.6) is 0 Å². The second-order valence-corrected chi connectivity index (χ2v) is 10.5. The zero-order valence-electron chi connectivity index (χ0n) is 18.7. The molecule has 0 amide bonds. The predicted molar refractivity (Wildman–Crippen MR) is 129 cm³/mol. The minimum Gasteiger partial charge on any atom is -0.317 e. The van der Waals surface area contributed by atoms with E-state index in [0.29, 0.717) is 27.1 Å². The summed E-state index contributed by atoms with van der Waals surface area (Å²) in [6.07, 6.45) is 2.80. The third-order valence-corrected chi connectivity index (χ3v) is 8.38. The number of benzene rings is 1. The largest absolute Gasteiger partial charge is 0.317 e. The molecule has 2 aromatic rings. The molecule has 1 fully saturated rings. The highest BCUT2D eigenvalue weighted by atomic mass is 35.5. The van der Waals surface area contributed by atoms with Crippen LogP contribution in [0.2, 0.25) is 10.0 Å². The highest BCUT2D eigenvalue weighted by Gasteiger charge is 2.40. The highest BCUT2D eigenvalue weighted by molar-refractivity contribution is 7.93. The van der Waals surface area contributed by atoms with Crippen LogP contribution in [-0.2, 0) is 24.8 Å². The minimum absolute atomic E-state index is 0.263. The number of rotatable bonds is 9. The molecule has 0 saturated carbocycles. The number of nitrogens with one attached hydrogen (secondary N) is 1. The molecule has 0 spiro atoms. The van der Waals surface area contributed by atoms with Crippen molar-refractivity contribution in [3.05, 3.63) is 39.1 Å². The number of halogens is 4. The summed E-state index contributed by atoms with van der Waals surface area (Å²) >= 11 is 11.3. The molecule has 2 N–H and O–H groups in total. The van der Waals surface area contributed by atoms with Crippen LogP contribution >= 0.6 is 23.2 Å². The van der Waals surface area contributed by atoms with E-state index in [9.17, 15) is 13.3 Å². The first kappa shape index (κ1) is 25.6. The Morgan fingerprint density at radius 1 is 1.25 bits per heavy atom. The van der Waals surface area contributed by atoms with Gasteiger partial charge in [0.2, 0.25) is 0 Å². The molecular formula is C22H31Cl2F2N4OS+. The molecule has 32 heavy (non-hydrogen) atoms. The number of aryl methyl sites for hydroxylation is 3. The Labute approximate surface area is 201 Å². The van der Waals surface area contributed by atoms with Crippen LogP contribution in [0, 0.1) is 19.8 Å². The van der Waals surface area contributed by atoms with Crippen molar-refractivity contribution in [1.29, 1.82) is 0 Å². The summed E-state index contributed by atoms with van der Waals surface area (Å²) in [6, 6.07) is 3.59. The van der Waals surface area contributed by atoms with Crippen molar-refractivity contribution in [2.24, 2.45) is 13.0 Å². The molecule has 0 radical (unpaired) electrons. The monoisotopic (exact) mass is 507 g/mol.